The molecule has 4 saturated carbocycles. The van der Waals surface area contributed by atoms with E-state index in [1.54, 1.807) is 24.3 Å². The molecule has 5 rings (SSSR count). The zero-order valence-electron chi connectivity index (χ0n) is 15.5. The summed E-state index contributed by atoms with van der Waals surface area (Å²) >= 11 is 0. The van der Waals surface area contributed by atoms with Gasteiger partial charge in [-0.25, -0.2) is 0 Å². The van der Waals surface area contributed by atoms with Crippen molar-refractivity contribution in [3.05, 3.63) is 29.8 Å². The van der Waals surface area contributed by atoms with Gasteiger partial charge in [0.25, 0.3) is 0 Å². The first-order chi connectivity index (χ1) is 12.9. The van der Waals surface area contributed by atoms with Gasteiger partial charge in [-0.15, -0.1) is 0 Å². The summed E-state index contributed by atoms with van der Waals surface area (Å²) in [5.41, 5.74) is 6.33. The Kier molecular flexibility index (Phi) is 4.66. The van der Waals surface area contributed by atoms with Crippen LogP contribution >= 0.6 is 0 Å². The third-order valence-corrected chi connectivity index (χ3v) is 6.60. The van der Waals surface area contributed by atoms with Crippen LogP contribution in [0.15, 0.2) is 24.3 Å². The Bertz CT molecular complexity index is 721. The van der Waals surface area contributed by atoms with Crippen molar-refractivity contribution in [2.45, 2.75) is 44.9 Å². The minimum absolute atomic E-state index is 0.0174. The summed E-state index contributed by atoms with van der Waals surface area (Å²) in [5.74, 6) is 1.64. The first-order valence-electron chi connectivity index (χ1n) is 9.87. The average molecular weight is 369 g/mol. The van der Waals surface area contributed by atoms with Gasteiger partial charge in [-0.1, -0.05) is 0 Å². The molecular weight excluding hydrogens is 342 g/mol. The molecule has 0 unspecified atom stereocenters. The fraction of sp³-hybridized carbons (Fsp3) is 0.571. The molecule has 4 aliphatic rings. The number of benzene rings is 1. The Labute approximate surface area is 159 Å². The molecule has 0 radical (unpaired) electrons. The first-order valence-corrected chi connectivity index (χ1v) is 9.87. The summed E-state index contributed by atoms with van der Waals surface area (Å²) in [6.45, 7) is -0.0389. The predicted molar refractivity (Wildman–Crippen MR) is 102 cm³/mol. The van der Waals surface area contributed by atoms with Crippen LogP contribution in [0.4, 0.5) is 5.69 Å². The minimum atomic E-state index is -0.509. The molecular formula is C21H27N3O3. The molecule has 6 nitrogen and oxygen atoms in total. The fourth-order valence-electron chi connectivity index (χ4n) is 6.01. The first kappa shape index (κ1) is 18.0. The lowest BCUT2D eigenvalue weighted by molar-refractivity contribution is -0.131. The van der Waals surface area contributed by atoms with Gasteiger partial charge in [0.1, 0.15) is 0 Å². The van der Waals surface area contributed by atoms with Crippen molar-refractivity contribution in [3.8, 4) is 0 Å². The summed E-state index contributed by atoms with van der Waals surface area (Å²) < 4.78 is 0. The maximum atomic E-state index is 12.5. The van der Waals surface area contributed by atoms with Gasteiger partial charge in [0, 0.05) is 17.7 Å². The largest absolute Gasteiger partial charge is 0.366 e. The summed E-state index contributed by atoms with van der Waals surface area (Å²) in [6, 6.07) is 6.36. The minimum Gasteiger partial charge on any atom is -0.366 e. The molecule has 144 valence electrons. The van der Waals surface area contributed by atoms with E-state index in [4.69, 9.17) is 5.73 Å². The van der Waals surface area contributed by atoms with Gasteiger partial charge in [-0.3, -0.25) is 14.4 Å². The van der Waals surface area contributed by atoms with Gasteiger partial charge < -0.3 is 16.4 Å². The molecule has 1 aromatic carbocycles. The Morgan fingerprint density at radius 2 is 1.48 bits per heavy atom. The Hall–Kier alpha value is -2.37. The summed E-state index contributed by atoms with van der Waals surface area (Å²) in [7, 11) is 0. The summed E-state index contributed by atoms with van der Waals surface area (Å²) in [6.07, 6.45) is 8.19. The molecule has 0 spiro atoms. The van der Waals surface area contributed by atoms with Crippen molar-refractivity contribution in [1.29, 1.82) is 0 Å². The second kappa shape index (κ2) is 6.98. The van der Waals surface area contributed by atoms with E-state index in [-0.39, 0.29) is 23.8 Å². The van der Waals surface area contributed by atoms with Crippen molar-refractivity contribution < 1.29 is 14.4 Å². The quantitative estimate of drug-likeness (QED) is 0.718. The molecule has 3 amide bonds. The van der Waals surface area contributed by atoms with Crippen molar-refractivity contribution in [3.63, 3.8) is 0 Å². The number of primary amides is 1. The molecule has 0 aliphatic heterocycles. The number of nitrogens with one attached hydrogen (secondary N) is 2. The number of amides is 3. The highest BCUT2D eigenvalue weighted by Crippen LogP contribution is 2.61. The number of anilines is 1. The lowest BCUT2D eigenvalue weighted by Gasteiger charge is -2.56. The molecule has 27 heavy (non-hydrogen) atoms. The number of carbonyl (C=O) groups is 3. The normalized spacial score (nSPS) is 30.7. The van der Waals surface area contributed by atoms with E-state index in [1.165, 1.54) is 38.5 Å². The Morgan fingerprint density at radius 3 is 2.00 bits per heavy atom. The van der Waals surface area contributed by atoms with Crippen LogP contribution in [0, 0.1) is 23.2 Å². The van der Waals surface area contributed by atoms with Crippen molar-refractivity contribution in [2.75, 3.05) is 11.9 Å². The lowest BCUT2D eigenvalue weighted by Crippen LogP contribution is -2.48. The summed E-state index contributed by atoms with van der Waals surface area (Å²) in [5, 5.41) is 5.50. The topological polar surface area (TPSA) is 101 Å². The zero-order valence-corrected chi connectivity index (χ0v) is 15.5. The van der Waals surface area contributed by atoms with Crippen LogP contribution in [-0.2, 0) is 9.59 Å². The molecule has 0 aromatic heterocycles. The highest BCUT2D eigenvalue weighted by molar-refractivity contribution is 5.96. The van der Waals surface area contributed by atoms with E-state index >= 15 is 0 Å². The SMILES string of the molecule is NC(=O)c1ccc(NC(=O)CNC(=O)CC23CC4CC(CC(C4)C2)C3)cc1. The average Bonchev–Trinajstić information content (AvgIpc) is 2.59. The third-order valence-electron chi connectivity index (χ3n) is 6.60. The van der Waals surface area contributed by atoms with E-state index in [0.717, 1.165) is 17.8 Å². The number of rotatable bonds is 6. The van der Waals surface area contributed by atoms with E-state index in [2.05, 4.69) is 10.6 Å². The van der Waals surface area contributed by atoms with Crippen LogP contribution < -0.4 is 16.4 Å². The number of hydrogen-bond acceptors (Lipinski definition) is 3. The highest BCUT2D eigenvalue weighted by Gasteiger charge is 2.51. The van der Waals surface area contributed by atoms with Crippen LogP contribution in [-0.4, -0.2) is 24.3 Å². The number of nitrogens with two attached hydrogens (primary N) is 1. The second-order valence-corrected chi connectivity index (χ2v) is 8.86. The van der Waals surface area contributed by atoms with Crippen molar-refractivity contribution in [1.82, 2.24) is 5.32 Å². The maximum Gasteiger partial charge on any atom is 0.248 e. The van der Waals surface area contributed by atoms with Gasteiger partial charge in [0.05, 0.1) is 6.54 Å². The molecule has 0 heterocycles. The van der Waals surface area contributed by atoms with Gasteiger partial charge in [0.2, 0.25) is 17.7 Å². The predicted octanol–water partition coefficient (Wildman–Crippen LogP) is 2.45. The van der Waals surface area contributed by atoms with Gasteiger partial charge in [0.15, 0.2) is 0 Å². The fourth-order valence-corrected chi connectivity index (χ4v) is 6.01. The van der Waals surface area contributed by atoms with Crippen molar-refractivity contribution in [2.24, 2.45) is 28.9 Å². The molecule has 0 saturated heterocycles. The zero-order chi connectivity index (χ0) is 19.0. The molecule has 4 aliphatic carbocycles. The smallest absolute Gasteiger partial charge is 0.248 e. The molecule has 4 N–H and O–H groups in total. The molecule has 1 aromatic rings. The van der Waals surface area contributed by atoms with Crippen molar-refractivity contribution >= 4 is 23.4 Å². The van der Waals surface area contributed by atoms with E-state index in [1.807, 2.05) is 0 Å². The van der Waals surface area contributed by atoms with E-state index < -0.39 is 5.91 Å². The molecule has 4 bridgehead atoms. The van der Waals surface area contributed by atoms with Crippen LogP contribution in [0.2, 0.25) is 0 Å². The van der Waals surface area contributed by atoms with Crippen LogP contribution in [0.3, 0.4) is 0 Å². The van der Waals surface area contributed by atoms with Gasteiger partial charge in [-0.2, -0.15) is 0 Å². The molecule has 4 fully saturated rings. The van der Waals surface area contributed by atoms with Gasteiger partial charge >= 0.3 is 0 Å². The maximum absolute atomic E-state index is 12.5. The standard InChI is InChI=1S/C21H27N3O3/c22-20(27)16-1-3-17(4-2-16)24-19(26)12-23-18(25)11-21-8-13-5-14(9-21)7-15(6-13)10-21/h1-4,13-15H,5-12H2,(H2,22,27)(H,23,25)(H,24,26). The van der Waals surface area contributed by atoms with Crippen LogP contribution in [0.25, 0.3) is 0 Å². The molecule has 0 atom stereocenters. The summed E-state index contributed by atoms with van der Waals surface area (Å²) in [4.78, 5) is 35.6. The Balaban J connectivity index is 1.25. The van der Waals surface area contributed by atoms with Gasteiger partial charge in [-0.05, 0) is 86.0 Å². The highest BCUT2D eigenvalue weighted by atomic mass is 16.2. The van der Waals surface area contributed by atoms with Crippen LogP contribution in [0.1, 0.15) is 55.3 Å². The number of carbonyl (C=O) groups excluding carboxylic acids is 3. The third kappa shape index (κ3) is 3.99. The van der Waals surface area contributed by atoms with E-state index in [0.29, 0.717) is 17.7 Å². The lowest BCUT2D eigenvalue weighted by atomic mass is 9.49. The second-order valence-electron chi connectivity index (χ2n) is 8.86. The van der Waals surface area contributed by atoms with E-state index in [9.17, 15) is 14.4 Å². The molecule has 6 heteroatoms. The number of hydrogen-bond donors (Lipinski definition) is 3. The Morgan fingerprint density at radius 1 is 0.926 bits per heavy atom. The monoisotopic (exact) mass is 369 g/mol. The van der Waals surface area contributed by atoms with Crippen LogP contribution in [0.5, 0.6) is 0 Å².